The molecule has 0 heterocycles. The minimum Gasteiger partial charge on any atom is -0.393 e. The third-order valence-corrected chi connectivity index (χ3v) is 8.03. The van der Waals surface area contributed by atoms with E-state index in [9.17, 15) is 21.2 Å². The molecule has 4 aliphatic carbocycles. The Labute approximate surface area is 166 Å². The number of aliphatic hydroxyl groups is 2. The third kappa shape index (κ3) is 2.23. The molecule has 0 aromatic rings. The molecule has 5 heteroatoms. The van der Waals surface area contributed by atoms with Gasteiger partial charge in [0.25, 0.3) is 0 Å². The second-order valence-corrected chi connectivity index (χ2v) is 9.11. The number of carbonyl (C=O) groups excluding carboxylic acids is 2. The first kappa shape index (κ1) is 14.4. The predicted molar refractivity (Wildman–Crippen MR) is 102 cm³/mol. The summed E-state index contributed by atoms with van der Waals surface area (Å²) in [6, 6.07) is 0. The number of Topliss-reactive ketones (excluding diaryl/α,β-unsaturated/α-hetero) is 1. The highest BCUT2D eigenvalue weighted by molar-refractivity contribution is 7.81. The number of rotatable bonds is 2. The Morgan fingerprint density at radius 3 is 2.81 bits per heavy atom. The number of fused-ring (bicyclic) bond motifs is 5. The number of allylic oxidation sites excluding steroid dienone is 1. The number of ketones is 2. The lowest BCUT2D eigenvalue weighted by Gasteiger charge is -2.60. The molecule has 7 atom stereocenters. The van der Waals surface area contributed by atoms with Crippen LogP contribution in [0.4, 0.5) is 0 Å². The Hall–Kier alpha value is -0.650. The monoisotopic (exact) mass is 382 g/mol. The van der Waals surface area contributed by atoms with Crippen molar-refractivity contribution >= 4 is 24.2 Å². The van der Waals surface area contributed by atoms with Crippen LogP contribution in [0, 0.1) is 28.6 Å². The fourth-order valence-electron chi connectivity index (χ4n) is 6.21. The van der Waals surface area contributed by atoms with E-state index in [1.54, 1.807) is 6.92 Å². The molecule has 0 radical (unpaired) electrons. The molecular formula is C21H30O4S. The van der Waals surface area contributed by atoms with E-state index in [0.717, 1.165) is 0 Å². The van der Waals surface area contributed by atoms with Crippen LogP contribution in [0.2, 0.25) is 0 Å². The third-order valence-electron chi connectivity index (χ3n) is 7.75. The van der Waals surface area contributed by atoms with Gasteiger partial charge in [-0.25, -0.2) is 0 Å². The van der Waals surface area contributed by atoms with Crippen molar-refractivity contribution in [2.75, 3.05) is 5.75 Å². The Bertz CT molecular complexity index is 860. The normalized spacial score (nSPS) is 60.3. The minimum absolute atomic E-state index is 0.0215. The maximum absolute atomic E-state index is 12.7. The molecule has 4 rings (SSSR count). The summed E-state index contributed by atoms with van der Waals surface area (Å²) in [7, 11) is 0. The lowest BCUT2D eigenvalue weighted by Crippen LogP contribution is -2.61. The van der Waals surface area contributed by atoms with Crippen molar-refractivity contribution in [1.82, 2.24) is 0 Å². The zero-order valence-electron chi connectivity index (χ0n) is 19.3. The lowest BCUT2D eigenvalue weighted by molar-refractivity contribution is -0.178. The average molecular weight is 383 g/mol. The molecule has 0 unspecified atom stereocenters. The van der Waals surface area contributed by atoms with Crippen LogP contribution in [-0.4, -0.2) is 39.2 Å². The van der Waals surface area contributed by atoms with Crippen LogP contribution in [0.5, 0.6) is 0 Å². The van der Waals surface area contributed by atoms with Crippen LogP contribution < -0.4 is 0 Å². The van der Waals surface area contributed by atoms with Crippen LogP contribution in [-0.2, 0) is 9.59 Å². The van der Waals surface area contributed by atoms with E-state index in [1.165, 1.54) is 13.0 Å². The molecule has 0 amide bonds. The Kier molecular flexibility index (Phi) is 3.27. The summed E-state index contributed by atoms with van der Waals surface area (Å²) in [4.78, 5) is 24.8. The van der Waals surface area contributed by atoms with Gasteiger partial charge in [-0.3, -0.25) is 9.59 Å². The first-order valence-corrected chi connectivity index (χ1v) is 10.1. The molecule has 2 N–H and O–H groups in total. The summed E-state index contributed by atoms with van der Waals surface area (Å²) in [5, 5.41) is 23.0. The van der Waals surface area contributed by atoms with E-state index in [-0.39, 0.29) is 30.8 Å². The highest BCUT2D eigenvalue weighted by atomic mass is 32.1. The molecule has 0 aliphatic heterocycles. The largest absolute Gasteiger partial charge is 0.393 e. The van der Waals surface area contributed by atoms with Gasteiger partial charge in [0.2, 0.25) is 0 Å². The van der Waals surface area contributed by atoms with Crippen molar-refractivity contribution in [3.63, 3.8) is 0 Å². The SMILES string of the molecule is [2H]C1([2H])[C@]([2H])(O)[C@@]2([2H])[C@@H](CCC3=CC(=O)CC[C@@]32C)[C@@H]2CC[C@](O)(C(=O)CS)[C@]21C. The van der Waals surface area contributed by atoms with Gasteiger partial charge >= 0.3 is 0 Å². The average Bonchev–Trinajstić information content (AvgIpc) is 2.96. The van der Waals surface area contributed by atoms with E-state index in [2.05, 4.69) is 12.6 Å². The van der Waals surface area contributed by atoms with E-state index >= 15 is 0 Å². The van der Waals surface area contributed by atoms with Crippen molar-refractivity contribution in [2.24, 2.45) is 28.6 Å². The van der Waals surface area contributed by atoms with Crippen LogP contribution >= 0.6 is 12.6 Å². The lowest BCUT2D eigenvalue weighted by atomic mass is 9.45. The number of hydrogen-bond donors (Lipinski definition) is 3. The van der Waals surface area contributed by atoms with Crippen molar-refractivity contribution in [3.8, 4) is 0 Å². The van der Waals surface area contributed by atoms with Gasteiger partial charge in [-0.2, -0.15) is 12.6 Å². The Morgan fingerprint density at radius 2 is 2.12 bits per heavy atom. The fourth-order valence-corrected chi connectivity index (χ4v) is 6.47. The maximum Gasteiger partial charge on any atom is 0.174 e. The van der Waals surface area contributed by atoms with E-state index in [4.69, 9.17) is 4.11 Å². The van der Waals surface area contributed by atoms with Gasteiger partial charge in [0.1, 0.15) is 5.60 Å². The molecule has 0 spiro atoms. The standard InChI is InChI=1S/C21H30O4S/c1-19-7-5-13(22)9-12(19)3-4-14-15-6-8-21(25,17(24)11-26)20(15,2)10-16(23)18(14)19/h9,14-16,18,23,25-26H,3-8,10-11H2,1-2H3/t14-,15-,16-,18+,19-,20-,21-/m0/s1/i10D2,16D,18D. The molecule has 0 saturated heterocycles. The number of hydrogen-bond acceptors (Lipinski definition) is 5. The van der Waals surface area contributed by atoms with E-state index < -0.39 is 52.4 Å². The Balaban J connectivity index is 1.97. The zero-order chi connectivity index (χ0) is 22.5. The highest BCUT2D eigenvalue weighted by Crippen LogP contribution is 2.67. The molecule has 3 saturated carbocycles. The van der Waals surface area contributed by atoms with Gasteiger partial charge in [0.05, 0.1) is 13.2 Å². The maximum atomic E-state index is 12.7. The highest BCUT2D eigenvalue weighted by Gasteiger charge is 2.68. The smallest absolute Gasteiger partial charge is 0.174 e. The fraction of sp³-hybridized carbons (Fsp3) is 0.810. The second kappa shape index (κ2) is 5.92. The van der Waals surface area contributed by atoms with E-state index in [0.29, 0.717) is 24.8 Å². The second-order valence-electron chi connectivity index (χ2n) is 8.79. The van der Waals surface area contributed by atoms with Crippen LogP contribution in [0.1, 0.15) is 64.2 Å². The molecule has 26 heavy (non-hydrogen) atoms. The first-order valence-electron chi connectivity index (χ1n) is 11.5. The van der Waals surface area contributed by atoms with Gasteiger partial charge in [-0.1, -0.05) is 19.4 Å². The van der Waals surface area contributed by atoms with Crippen molar-refractivity contribution in [3.05, 3.63) is 11.6 Å². The number of thiol groups is 1. The van der Waals surface area contributed by atoms with E-state index in [1.807, 2.05) is 0 Å². The van der Waals surface area contributed by atoms with Crippen molar-refractivity contribution in [2.45, 2.75) is 70.4 Å². The van der Waals surface area contributed by atoms with Gasteiger partial charge in [-0.15, -0.1) is 0 Å². The summed E-state index contributed by atoms with van der Waals surface area (Å²) in [6.45, 7) is 3.23. The molecule has 0 aromatic heterocycles. The van der Waals surface area contributed by atoms with Gasteiger partial charge in [0.15, 0.2) is 11.6 Å². The summed E-state index contributed by atoms with van der Waals surface area (Å²) >= 11 is 4.01. The van der Waals surface area contributed by atoms with Gasteiger partial charge in [0, 0.05) is 15.9 Å². The molecule has 4 aliphatic rings. The summed E-state index contributed by atoms with van der Waals surface area (Å²) < 4.78 is 36.4. The minimum atomic E-state index is -2.90. The molecule has 0 bridgehead atoms. The zero-order valence-corrected chi connectivity index (χ0v) is 16.2. The van der Waals surface area contributed by atoms with Crippen LogP contribution in [0.3, 0.4) is 0 Å². The summed E-state index contributed by atoms with van der Waals surface area (Å²) in [5.74, 6) is -4.00. The summed E-state index contributed by atoms with van der Waals surface area (Å²) in [6.07, 6.45) is -2.38. The van der Waals surface area contributed by atoms with Gasteiger partial charge < -0.3 is 10.2 Å². The van der Waals surface area contributed by atoms with Gasteiger partial charge in [-0.05, 0) is 67.7 Å². The van der Waals surface area contributed by atoms with Crippen LogP contribution in [0.25, 0.3) is 0 Å². The molecule has 4 nitrogen and oxygen atoms in total. The molecule has 3 fully saturated rings. The van der Waals surface area contributed by atoms with Crippen molar-refractivity contribution in [1.29, 1.82) is 0 Å². The Morgan fingerprint density at radius 1 is 1.38 bits per heavy atom. The topological polar surface area (TPSA) is 74.6 Å². The summed E-state index contributed by atoms with van der Waals surface area (Å²) in [5.41, 5.74) is -4.12. The number of carbonyl (C=O) groups is 2. The van der Waals surface area contributed by atoms with Crippen molar-refractivity contribution < 1.29 is 25.3 Å². The molecular weight excluding hydrogens is 348 g/mol. The quantitative estimate of drug-likeness (QED) is 0.642. The van der Waals surface area contributed by atoms with Crippen LogP contribution in [0.15, 0.2) is 11.6 Å². The predicted octanol–water partition coefficient (Wildman–Crippen LogP) is 2.72. The first-order chi connectivity index (χ1) is 13.7. The molecule has 144 valence electrons. The molecule has 0 aromatic carbocycles.